The minimum absolute atomic E-state index is 0.217. The number of carbonyl (C=O) groups is 1. The summed E-state index contributed by atoms with van der Waals surface area (Å²) in [5.74, 6) is 0.430. The summed E-state index contributed by atoms with van der Waals surface area (Å²) in [6.45, 7) is 1.09. The lowest BCUT2D eigenvalue weighted by Gasteiger charge is -2.19. The number of nitrogens with one attached hydrogen (secondary N) is 1. The molecule has 2 aromatic heterocycles. The minimum Gasteiger partial charge on any atom is -0.482 e. The van der Waals surface area contributed by atoms with Crippen LogP contribution in [0.2, 0.25) is 0 Å². The normalized spacial score (nSPS) is 20.3. The number of hydrogen-bond donors (Lipinski definition) is 1. The van der Waals surface area contributed by atoms with E-state index in [-0.39, 0.29) is 24.7 Å². The SMILES string of the molecule is COCc1nn(C)cc1C(=O)N[C@H]1COC[C@H]1Oc1cnn(C)c1. The molecule has 1 aliphatic heterocycles. The maximum Gasteiger partial charge on any atom is 0.255 e. The number of methoxy groups -OCH3 is 1. The van der Waals surface area contributed by atoms with Gasteiger partial charge in [-0.2, -0.15) is 10.2 Å². The number of rotatable bonds is 6. The van der Waals surface area contributed by atoms with Crippen molar-refractivity contribution < 1.29 is 19.0 Å². The van der Waals surface area contributed by atoms with E-state index < -0.39 is 0 Å². The van der Waals surface area contributed by atoms with Gasteiger partial charge >= 0.3 is 0 Å². The van der Waals surface area contributed by atoms with Crippen molar-refractivity contribution >= 4 is 5.91 Å². The highest BCUT2D eigenvalue weighted by Crippen LogP contribution is 2.17. The molecule has 3 rings (SSSR count). The van der Waals surface area contributed by atoms with E-state index in [4.69, 9.17) is 14.2 Å². The lowest BCUT2D eigenvalue weighted by molar-refractivity contribution is 0.0899. The first-order valence-corrected chi connectivity index (χ1v) is 7.62. The Morgan fingerprint density at radius 1 is 1.38 bits per heavy atom. The Balaban J connectivity index is 1.66. The number of nitrogens with zero attached hydrogens (tertiary/aromatic N) is 4. The van der Waals surface area contributed by atoms with Crippen molar-refractivity contribution in [1.82, 2.24) is 24.9 Å². The van der Waals surface area contributed by atoms with Crippen molar-refractivity contribution in [1.29, 1.82) is 0 Å². The fourth-order valence-electron chi connectivity index (χ4n) is 2.63. The summed E-state index contributed by atoms with van der Waals surface area (Å²) in [4.78, 5) is 12.6. The molecule has 0 aliphatic carbocycles. The lowest BCUT2D eigenvalue weighted by Crippen LogP contribution is -2.45. The molecule has 9 heteroatoms. The first-order valence-electron chi connectivity index (χ1n) is 7.62. The molecule has 3 heterocycles. The monoisotopic (exact) mass is 335 g/mol. The van der Waals surface area contributed by atoms with Gasteiger partial charge in [-0.3, -0.25) is 14.2 Å². The van der Waals surface area contributed by atoms with Crippen molar-refractivity contribution in [3.8, 4) is 5.75 Å². The van der Waals surface area contributed by atoms with E-state index in [2.05, 4.69) is 15.5 Å². The second-order valence-electron chi connectivity index (χ2n) is 5.72. The third kappa shape index (κ3) is 3.57. The van der Waals surface area contributed by atoms with Crippen LogP contribution in [0.5, 0.6) is 5.75 Å². The van der Waals surface area contributed by atoms with Crippen LogP contribution in [0.15, 0.2) is 18.6 Å². The van der Waals surface area contributed by atoms with E-state index in [1.807, 2.05) is 7.05 Å². The number of hydrogen-bond acceptors (Lipinski definition) is 6. The highest BCUT2D eigenvalue weighted by atomic mass is 16.5. The number of aromatic nitrogens is 4. The Hall–Kier alpha value is -2.39. The molecule has 0 unspecified atom stereocenters. The summed E-state index contributed by atoms with van der Waals surface area (Å²) < 4.78 is 19.7. The van der Waals surface area contributed by atoms with E-state index in [0.29, 0.717) is 30.2 Å². The van der Waals surface area contributed by atoms with Crippen LogP contribution in [0.1, 0.15) is 16.1 Å². The second kappa shape index (κ2) is 7.02. The van der Waals surface area contributed by atoms with Crippen molar-refractivity contribution in [2.75, 3.05) is 20.3 Å². The topological polar surface area (TPSA) is 92.4 Å². The van der Waals surface area contributed by atoms with Gasteiger partial charge in [-0.15, -0.1) is 0 Å². The minimum atomic E-state index is -0.263. The third-order valence-corrected chi connectivity index (χ3v) is 3.74. The molecular formula is C15H21N5O4. The van der Waals surface area contributed by atoms with Gasteiger partial charge in [-0.05, 0) is 0 Å². The van der Waals surface area contributed by atoms with Crippen molar-refractivity contribution in [2.24, 2.45) is 14.1 Å². The Morgan fingerprint density at radius 3 is 2.92 bits per heavy atom. The predicted octanol–water partition coefficient (Wildman–Crippen LogP) is -0.124. The van der Waals surface area contributed by atoms with Crippen LogP contribution in [-0.4, -0.2) is 57.9 Å². The number of amides is 1. The Kier molecular flexibility index (Phi) is 4.81. The van der Waals surface area contributed by atoms with Gasteiger partial charge in [-0.25, -0.2) is 0 Å². The Morgan fingerprint density at radius 2 is 2.21 bits per heavy atom. The fourth-order valence-corrected chi connectivity index (χ4v) is 2.63. The second-order valence-corrected chi connectivity index (χ2v) is 5.72. The first kappa shape index (κ1) is 16.5. The molecule has 0 saturated carbocycles. The van der Waals surface area contributed by atoms with Gasteiger partial charge in [0.05, 0.1) is 43.8 Å². The summed E-state index contributed by atoms with van der Waals surface area (Å²) in [6, 6.07) is -0.242. The average Bonchev–Trinajstić information content (AvgIpc) is 3.22. The maximum atomic E-state index is 12.6. The van der Waals surface area contributed by atoms with Crippen molar-refractivity contribution in [2.45, 2.75) is 18.8 Å². The summed E-state index contributed by atoms with van der Waals surface area (Å²) in [7, 11) is 5.15. The summed E-state index contributed by atoms with van der Waals surface area (Å²) in [6.07, 6.45) is 4.82. The molecule has 2 atom stereocenters. The molecule has 130 valence electrons. The van der Waals surface area contributed by atoms with E-state index in [1.165, 1.54) is 0 Å². The van der Waals surface area contributed by atoms with Crippen LogP contribution in [-0.2, 0) is 30.2 Å². The van der Waals surface area contributed by atoms with E-state index in [1.54, 1.807) is 42.1 Å². The molecule has 1 aliphatic rings. The van der Waals surface area contributed by atoms with Crippen LogP contribution < -0.4 is 10.1 Å². The molecule has 0 bridgehead atoms. The predicted molar refractivity (Wildman–Crippen MR) is 83.6 cm³/mol. The molecule has 2 aromatic rings. The lowest BCUT2D eigenvalue weighted by atomic mass is 10.1. The molecule has 1 amide bonds. The van der Waals surface area contributed by atoms with E-state index in [9.17, 15) is 4.79 Å². The first-order chi connectivity index (χ1) is 11.6. The smallest absolute Gasteiger partial charge is 0.255 e. The van der Waals surface area contributed by atoms with Crippen LogP contribution in [0.3, 0.4) is 0 Å². The quantitative estimate of drug-likeness (QED) is 0.791. The molecule has 1 fully saturated rings. The zero-order valence-corrected chi connectivity index (χ0v) is 13.9. The molecule has 1 saturated heterocycles. The van der Waals surface area contributed by atoms with Gasteiger partial charge in [0.2, 0.25) is 0 Å². The van der Waals surface area contributed by atoms with E-state index in [0.717, 1.165) is 0 Å². The van der Waals surface area contributed by atoms with Gasteiger partial charge < -0.3 is 19.5 Å². The molecule has 9 nitrogen and oxygen atoms in total. The van der Waals surface area contributed by atoms with Gasteiger partial charge in [0, 0.05) is 27.4 Å². The molecule has 1 N–H and O–H groups in total. The van der Waals surface area contributed by atoms with E-state index >= 15 is 0 Å². The fraction of sp³-hybridized carbons (Fsp3) is 0.533. The average molecular weight is 335 g/mol. The van der Waals surface area contributed by atoms with Gasteiger partial charge in [0.1, 0.15) is 11.8 Å². The summed E-state index contributed by atoms with van der Waals surface area (Å²) in [5, 5.41) is 11.3. The number of ether oxygens (including phenoxy) is 3. The third-order valence-electron chi connectivity index (χ3n) is 3.74. The Labute approximate surface area is 139 Å². The van der Waals surface area contributed by atoms with Crippen LogP contribution in [0.25, 0.3) is 0 Å². The van der Waals surface area contributed by atoms with Crippen LogP contribution in [0, 0.1) is 0 Å². The summed E-state index contributed by atoms with van der Waals surface area (Å²) >= 11 is 0. The van der Waals surface area contributed by atoms with Gasteiger partial charge in [-0.1, -0.05) is 0 Å². The molecule has 24 heavy (non-hydrogen) atoms. The highest BCUT2D eigenvalue weighted by Gasteiger charge is 2.32. The Bertz CT molecular complexity index is 711. The van der Waals surface area contributed by atoms with Gasteiger partial charge in [0.25, 0.3) is 5.91 Å². The standard InChI is InChI=1S/C15H21N5O4/c1-19-5-10(4-16-19)24-14-9-23-8-13(14)17-15(21)11-6-20(2)18-12(11)7-22-3/h4-6,13-14H,7-9H2,1-3H3,(H,17,21)/t13-,14+/m0/s1. The highest BCUT2D eigenvalue weighted by molar-refractivity contribution is 5.95. The zero-order valence-electron chi connectivity index (χ0n) is 13.9. The molecule has 0 aromatic carbocycles. The van der Waals surface area contributed by atoms with Crippen molar-refractivity contribution in [3.63, 3.8) is 0 Å². The molecule has 0 spiro atoms. The maximum absolute atomic E-state index is 12.6. The van der Waals surface area contributed by atoms with Crippen molar-refractivity contribution in [3.05, 3.63) is 29.8 Å². The number of carbonyl (C=O) groups excluding carboxylic acids is 1. The molecule has 0 radical (unpaired) electrons. The molecular weight excluding hydrogens is 314 g/mol. The largest absolute Gasteiger partial charge is 0.482 e. The van der Waals surface area contributed by atoms with Crippen LogP contribution in [0.4, 0.5) is 0 Å². The number of aryl methyl sites for hydroxylation is 2. The van der Waals surface area contributed by atoms with Gasteiger partial charge in [0.15, 0.2) is 5.75 Å². The van der Waals surface area contributed by atoms with Crippen LogP contribution >= 0.6 is 0 Å². The zero-order chi connectivity index (χ0) is 17.1. The summed E-state index contributed by atoms with van der Waals surface area (Å²) in [5.41, 5.74) is 1.09.